The van der Waals surface area contributed by atoms with Gasteiger partial charge in [-0.1, -0.05) is 34.6 Å². The quantitative estimate of drug-likeness (QED) is 0.464. The Bertz CT molecular complexity index is 725. The Morgan fingerprint density at radius 3 is 2.33 bits per heavy atom. The van der Waals surface area contributed by atoms with Crippen LogP contribution in [0.2, 0.25) is 0 Å². The molecular weight excluding hydrogens is 420 g/mol. The van der Waals surface area contributed by atoms with Crippen molar-refractivity contribution < 1.29 is 30.0 Å². The van der Waals surface area contributed by atoms with Crippen molar-refractivity contribution in [3.63, 3.8) is 0 Å². The fraction of sp³-hybridized carbons (Fsp3) is 0.963. The molecule has 3 saturated carbocycles. The van der Waals surface area contributed by atoms with Crippen LogP contribution in [0.15, 0.2) is 0 Å². The van der Waals surface area contributed by atoms with Crippen molar-refractivity contribution in [2.75, 3.05) is 6.61 Å². The topological polar surface area (TPSA) is 107 Å². The van der Waals surface area contributed by atoms with E-state index in [1.165, 1.54) is 0 Å². The molecule has 3 aliphatic carbocycles. The minimum atomic E-state index is -0.863. The maximum absolute atomic E-state index is 12.9. The minimum absolute atomic E-state index is 0.0481. The van der Waals surface area contributed by atoms with Gasteiger partial charge in [-0.3, -0.25) is 4.79 Å². The first kappa shape index (κ1) is 25.4. The van der Waals surface area contributed by atoms with E-state index in [9.17, 15) is 25.2 Å². The van der Waals surface area contributed by atoms with Gasteiger partial charge in [0.15, 0.2) is 0 Å². The number of ether oxygens (including phenoxy) is 1. The fourth-order valence-electron chi connectivity index (χ4n) is 8.46. The Morgan fingerprint density at radius 1 is 1.00 bits per heavy atom. The summed E-state index contributed by atoms with van der Waals surface area (Å²) in [5.41, 5.74) is -0.308. The molecule has 4 aliphatic rings. The number of cyclic esters (lactones) is 1. The van der Waals surface area contributed by atoms with Crippen LogP contribution in [0.25, 0.3) is 0 Å². The van der Waals surface area contributed by atoms with Gasteiger partial charge in [-0.2, -0.15) is 0 Å². The maximum atomic E-state index is 12.9. The second kappa shape index (κ2) is 9.07. The standard InChI is InChI=1S/C27H46O6/c1-14(2)15(3)24(31)22(29)10-16-6-7-18-17-13-33-25(32)20-11-21(28)23(30)12-27(20,5)19(17)8-9-26(16,18)4/h14-24,28-31H,6-13H2,1-5H3/t15-,16+,17-,18-,19-,20+,21-,22+,23+,24+,26+,27+/m0/s1. The summed E-state index contributed by atoms with van der Waals surface area (Å²) in [5, 5.41) is 42.4. The number of rotatable bonds is 5. The molecule has 0 radical (unpaired) electrons. The second-order valence-electron chi connectivity index (χ2n) is 12.9. The van der Waals surface area contributed by atoms with E-state index in [0.29, 0.717) is 37.2 Å². The molecule has 6 heteroatoms. The molecule has 0 amide bonds. The third-order valence-electron chi connectivity index (χ3n) is 11.1. The predicted molar refractivity (Wildman–Crippen MR) is 125 cm³/mol. The first-order valence-electron chi connectivity index (χ1n) is 13.3. The van der Waals surface area contributed by atoms with Gasteiger partial charge in [0.05, 0.1) is 36.9 Å². The predicted octanol–water partition coefficient (Wildman–Crippen LogP) is 3.14. The van der Waals surface area contributed by atoms with Gasteiger partial charge in [0.2, 0.25) is 0 Å². The van der Waals surface area contributed by atoms with Crippen LogP contribution in [0.5, 0.6) is 0 Å². The monoisotopic (exact) mass is 466 g/mol. The SMILES string of the molecule is CC(C)[C@H](C)[C@@H](O)[C@H](O)C[C@H]1CC[C@H]2[C@@H]3COC(=O)[C@H]4C[C@H](O)[C@H](O)C[C@]4(C)[C@H]3CC[C@]12C. The summed E-state index contributed by atoms with van der Waals surface area (Å²) in [7, 11) is 0. The number of esters is 1. The highest BCUT2D eigenvalue weighted by Crippen LogP contribution is 2.65. The molecule has 190 valence electrons. The van der Waals surface area contributed by atoms with Crippen LogP contribution in [-0.2, 0) is 9.53 Å². The largest absolute Gasteiger partial charge is 0.465 e. The Kier molecular flexibility index (Phi) is 6.98. The highest BCUT2D eigenvalue weighted by Gasteiger charge is 2.62. The molecule has 33 heavy (non-hydrogen) atoms. The number of aliphatic hydroxyl groups excluding tert-OH is 4. The Morgan fingerprint density at radius 2 is 1.67 bits per heavy atom. The molecule has 4 N–H and O–H groups in total. The zero-order valence-corrected chi connectivity index (χ0v) is 21.1. The van der Waals surface area contributed by atoms with E-state index in [0.717, 1.165) is 25.7 Å². The van der Waals surface area contributed by atoms with E-state index in [4.69, 9.17) is 4.74 Å². The van der Waals surface area contributed by atoms with E-state index in [1.807, 2.05) is 6.92 Å². The average molecular weight is 467 g/mol. The van der Waals surface area contributed by atoms with Gasteiger partial charge in [0.1, 0.15) is 0 Å². The second-order valence-corrected chi connectivity index (χ2v) is 12.9. The lowest BCUT2D eigenvalue weighted by Crippen LogP contribution is -2.54. The molecule has 1 heterocycles. The molecule has 0 bridgehead atoms. The van der Waals surface area contributed by atoms with E-state index in [2.05, 4.69) is 27.7 Å². The third-order valence-corrected chi connectivity index (χ3v) is 11.1. The molecule has 0 aromatic heterocycles. The van der Waals surface area contributed by atoms with Crippen molar-refractivity contribution in [2.45, 2.75) is 104 Å². The maximum Gasteiger partial charge on any atom is 0.309 e. The van der Waals surface area contributed by atoms with Crippen LogP contribution in [0.4, 0.5) is 0 Å². The number of aliphatic hydroxyl groups is 4. The van der Waals surface area contributed by atoms with Crippen LogP contribution in [-0.4, -0.2) is 57.4 Å². The summed E-state index contributed by atoms with van der Waals surface area (Å²) in [6.45, 7) is 11.1. The van der Waals surface area contributed by atoms with E-state index >= 15 is 0 Å². The highest BCUT2D eigenvalue weighted by atomic mass is 16.5. The van der Waals surface area contributed by atoms with Gasteiger partial charge in [0, 0.05) is 0 Å². The fourth-order valence-corrected chi connectivity index (χ4v) is 8.46. The molecule has 0 aromatic rings. The molecule has 1 aliphatic heterocycles. The first-order chi connectivity index (χ1) is 15.4. The normalized spacial score (nSPS) is 48.2. The van der Waals surface area contributed by atoms with Gasteiger partial charge in [-0.05, 0) is 91.3 Å². The smallest absolute Gasteiger partial charge is 0.309 e. The summed E-state index contributed by atoms with van der Waals surface area (Å²) in [6, 6.07) is 0. The third kappa shape index (κ3) is 4.17. The van der Waals surface area contributed by atoms with E-state index in [1.54, 1.807) is 0 Å². The molecular formula is C27H46O6. The van der Waals surface area contributed by atoms with Crippen LogP contribution in [0.1, 0.15) is 79.6 Å². The van der Waals surface area contributed by atoms with Crippen molar-refractivity contribution in [1.82, 2.24) is 0 Å². The Hall–Kier alpha value is -0.690. The van der Waals surface area contributed by atoms with Gasteiger partial charge < -0.3 is 25.2 Å². The van der Waals surface area contributed by atoms with Gasteiger partial charge in [-0.25, -0.2) is 0 Å². The van der Waals surface area contributed by atoms with Crippen molar-refractivity contribution in [3.05, 3.63) is 0 Å². The van der Waals surface area contributed by atoms with E-state index in [-0.39, 0.29) is 46.9 Å². The van der Waals surface area contributed by atoms with Crippen molar-refractivity contribution >= 4 is 5.97 Å². The molecule has 4 fully saturated rings. The Balaban J connectivity index is 1.54. The molecule has 0 unspecified atom stereocenters. The number of carbonyl (C=O) groups is 1. The Labute approximate surface area is 199 Å². The van der Waals surface area contributed by atoms with Crippen molar-refractivity contribution in [1.29, 1.82) is 0 Å². The zero-order chi connectivity index (χ0) is 24.3. The number of hydrogen-bond acceptors (Lipinski definition) is 6. The average Bonchev–Trinajstić information content (AvgIpc) is 3.04. The van der Waals surface area contributed by atoms with Crippen LogP contribution in [0, 0.1) is 52.3 Å². The summed E-state index contributed by atoms with van der Waals surface area (Å²) in [5.74, 6) is 1.06. The highest BCUT2D eigenvalue weighted by molar-refractivity contribution is 5.74. The summed E-state index contributed by atoms with van der Waals surface area (Å²) in [6.07, 6.45) is 2.34. The minimum Gasteiger partial charge on any atom is -0.465 e. The van der Waals surface area contributed by atoms with Crippen LogP contribution in [0.3, 0.4) is 0 Å². The summed E-state index contributed by atoms with van der Waals surface area (Å²) < 4.78 is 5.84. The summed E-state index contributed by atoms with van der Waals surface area (Å²) in [4.78, 5) is 12.9. The molecule has 1 saturated heterocycles. The summed E-state index contributed by atoms with van der Waals surface area (Å²) >= 11 is 0. The van der Waals surface area contributed by atoms with Crippen LogP contribution >= 0.6 is 0 Å². The van der Waals surface area contributed by atoms with Gasteiger partial charge in [0.25, 0.3) is 0 Å². The molecule has 6 nitrogen and oxygen atoms in total. The lowest BCUT2D eigenvalue weighted by molar-refractivity contribution is -0.162. The molecule has 0 spiro atoms. The zero-order valence-electron chi connectivity index (χ0n) is 21.1. The van der Waals surface area contributed by atoms with Crippen molar-refractivity contribution in [2.24, 2.45) is 52.3 Å². The molecule has 4 rings (SSSR count). The lowest BCUT2D eigenvalue weighted by atomic mass is 9.49. The lowest BCUT2D eigenvalue weighted by Gasteiger charge is -2.55. The first-order valence-corrected chi connectivity index (χ1v) is 13.3. The van der Waals surface area contributed by atoms with Crippen LogP contribution < -0.4 is 0 Å². The number of fused-ring (bicyclic) bond motifs is 5. The van der Waals surface area contributed by atoms with Gasteiger partial charge in [-0.15, -0.1) is 0 Å². The number of carbonyl (C=O) groups excluding carboxylic acids is 1. The van der Waals surface area contributed by atoms with E-state index < -0.39 is 24.4 Å². The molecule has 12 atom stereocenters. The van der Waals surface area contributed by atoms with Crippen molar-refractivity contribution in [3.8, 4) is 0 Å². The number of hydrogen-bond donors (Lipinski definition) is 4. The molecule has 0 aromatic carbocycles. The van der Waals surface area contributed by atoms with Gasteiger partial charge >= 0.3 is 5.97 Å².